The predicted octanol–water partition coefficient (Wildman–Crippen LogP) is 3.84. The predicted molar refractivity (Wildman–Crippen MR) is 68.2 cm³/mol. The normalized spacial score (nSPS) is 40.2. The molecule has 2 aliphatic rings. The standard InChI is InChI=1S/C15H24O/c1-10-5-6-13-12(3)14(16)9-11(2)15(13,4)8-7-10/h7,11,14,16H,5-6,8-9H2,1-4H3/t11-,14-,15+/m0/s1. The minimum atomic E-state index is -0.198. The molecular weight excluding hydrogens is 196 g/mol. The first-order valence-corrected chi connectivity index (χ1v) is 6.49. The molecule has 1 nitrogen and oxygen atoms in total. The van der Waals surface area contributed by atoms with Crippen molar-refractivity contribution in [1.82, 2.24) is 0 Å². The summed E-state index contributed by atoms with van der Waals surface area (Å²) >= 11 is 0. The van der Waals surface area contributed by atoms with Gasteiger partial charge in [0.05, 0.1) is 6.10 Å². The van der Waals surface area contributed by atoms with E-state index < -0.39 is 0 Å². The molecule has 0 radical (unpaired) electrons. The van der Waals surface area contributed by atoms with E-state index in [-0.39, 0.29) is 6.10 Å². The second-order valence-electron chi connectivity index (χ2n) is 5.99. The van der Waals surface area contributed by atoms with Crippen LogP contribution < -0.4 is 0 Å². The fraction of sp³-hybridized carbons (Fsp3) is 0.733. The molecule has 0 saturated carbocycles. The average molecular weight is 220 g/mol. The molecule has 0 amide bonds. The molecule has 0 heterocycles. The molecule has 0 aliphatic heterocycles. The van der Waals surface area contributed by atoms with Crippen LogP contribution in [-0.2, 0) is 0 Å². The maximum absolute atomic E-state index is 10.1. The highest BCUT2D eigenvalue weighted by Gasteiger charge is 2.41. The third kappa shape index (κ3) is 1.75. The van der Waals surface area contributed by atoms with Gasteiger partial charge in [0.15, 0.2) is 0 Å². The molecule has 0 aromatic heterocycles. The molecule has 2 aliphatic carbocycles. The Balaban J connectivity index is 2.45. The molecule has 0 aromatic rings. The summed E-state index contributed by atoms with van der Waals surface area (Å²) in [7, 11) is 0. The van der Waals surface area contributed by atoms with Crippen LogP contribution in [-0.4, -0.2) is 11.2 Å². The fourth-order valence-corrected chi connectivity index (χ4v) is 3.34. The Labute approximate surface area is 99.3 Å². The van der Waals surface area contributed by atoms with Crippen molar-refractivity contribution in [2.24, 2.45) is 11.3 Å². The first-order chi connectivity index (χ1) is 7.45. The van der Waals surface area contributed by atoms with E-state index >= 15 is 0 Å². The zero-order valence-electron chi connectivity index (χ0n) is 11.0. The Morgan fingerprint density at radius 3 is 2.69 bits per heavy atom. The molecular formula is C15H24O. The van der Waals surface area contributed by atoms with Gasteiger partial charge in [0.25, 0.3) is 0 Å². The Morgan fingerprint density at radius 1 is 1.31 bits per heavy atom. The smallest absolute Gasteiger partial charge is 0.0753 e. The van der Waals surface area contributed by atoms with Crippen LogP contribution in [0.25, 0.3) is 0 Å². The summed E-state index contributed by atoms with van der Waals surface area (Å²) in [5, 5.41) is 10.1. The molecule has 0 bridgehead atoms. The van der Waals surface area contributed by atoms with Gasteiger partial charge >= 0.3 is 0 Å². The number of aliphatic hydroxyl groups excluding tert-OH is 1. The van der Waals surface area contributed by atoms with Crippen LogP contribution in [0.5, 0.6) is 0 Å². The summed E-state index contributed by atoms with van der Waals surface area (Å²) in [5.41, 5.74) is 4.59. The Morgan fingerprint density at radius 2 is 2.00 bits per heavy atom. The van der Waals surface area contributed by atoms with Gasteiger partial charge in [-0.05, 0) is 56.4 Å². The molecule has 1 heteroatoms. The molecule has 16 heavy (non-hydrogen) atoms. The van der Waals surface area contributed by atoms with Crippen LogP contribution in [0, 0.1) is 11.3 Å². The second-order valence-corrected chi connectivity index (χ2v) is 5.99. The van der Waals surface area contributed by atoms with E-state index in [1.807, 2.05) is 0 Å². The van der Waals surface area contributed by atoms with Crippen molar-refractivity contribution < 1.29 is 5.11 Å². The third-order valence-corrected chi connectivity index (χ3v) is 4.97. The number of rotatable bonds is 0. The molecule has 0 aromatic carbocycles. The van der Waals surface area contributed by atoms with Gasteiger partial charge < -0.3 is 5.11 Å². The highest BCUT2D eigenvalue weighted by molar-refractivity contribution is 5.31. The van der Waals surface area contributed by atoms with Gasteiger partial charge in [-0.25, -0.2) is 0 Å². The number of aliphatic hydroxyl groups is 1. The topological polar surface area (TPSA) is 20.2 Å². The van der Waals surface area contributed by atoms with Crippen molar-refractivity contribution in [2.45, 2.75) is 59.5 Å². The quantitative estimate of drug-likeness (QED) is 0.615. The molecule has 0 unspecified atom stereocenters. The Hall–Kier alpha value is -0.560. The van der Waals surface area contributed by atoms with Gasteiger partial charge in [-0.2, -0.15) is 0 Å². The maximum atomic E-state index is 10.1. The molecule has 0 spiro atoms. The lowest BCUT2D eigenvalue weighted by atomic mass is 9.62. The summed E-state index contributed by atoms with van der Waals surface area (Å²) in [6.07, 6.45) is 6.61. The van der Waals surface area contributed by atoms with Gasteiger partial charge in [-0.3, -0.25) is 0 Å². The van der Waals surface area contributed by atoms with E-state index in [0.29, 0.717) is 11.3 Å². The van der Waals surface area contributed by atoms with Crippen LogP contribution in [0.3, 0.4) is 0 Å². The molecule has 0 saturated heterocycles. The monoisotopic (exact) mass is 220 g/mol. The Kier molecular flexibility index (Phi) is 3.00. The lowest BCUT2D eigenvalue weighted by molar-refractivity contribution is 0.108. The summed E-state index contributed by atoms with van der Waals surface area (Å²) < 4.78 is 0. The average Bonchev–Trinajstić information content (AvgIpc) is 2.38. The third-order valence-electron chi connectivity index (χ3n) is 4.97. The van der Waals surface area contributed by atoms with Crippen LogP contribution >= 0.6 is 0 Å². The zero-order chi connectivity index (χ0) is 11.9. The van der Waals surface area contributed by atoms with Crippen LogP contribution in [0.1, 0.15) is 53.4 Å². The second kappa shape index (κ2) is 4.03. The van der Waals surface area contributed by atoms with Crippen molar-refractivity contribution in [2.75, 3.05) is 0 Å². The van der Waals surface area contributed by atoms with Crippen molar-refractivity contribution in [3.63, 3.8) is 0 Å². The number of allylic oxidation sites excluding steroid dienone is 3. The highest BCUT2D eigenvalue weighted by atomic mass is 16.3. The van der Waals surface area contributed by atoms with Crippen molar-refractivity contribution in [3.8, 4) is 0 Å². The minimum absolute atomic E-state index is 0.198. The molecule has 1 N–H and O–H groups in total. The number of fused-ring (bicyclic) bond motifs is 1. The van der Waals surface area contributed by atoms with Crippen LogP contribution in [0.4, 0.5) is 0 Å². The lowest BCUT2D eigenvalue weighted by Crippen LogP contribution is -2.36. The summed E-state index contributed by atoms with van der Waals surface area (Å²) in [6, 6.07) is 0. The lowest BCUT2D eigenvalue weighted by Gasteiger charge is -2.44. The van der Waals surface area contributed by atoms with Gasteiger partial charge in [0.2, 0.25) is 0 Å². The largest absolute Gasteiger partial charge is 0.389 e. The first kappa shape index (κ1) is 11.9. The van der Waals surface area contributed by atoms with Gasteiger partial charge in [-0.1, -0.05) is 31.1 Å². The first-order valence-electron chi connectivity index (χ1n) is 6.49. The van der Waals surface area contributed by atoms with Gasteiger partial charge in [-0.15, -0.1) is 0 Å². The van der Waals surface area contributed by atoms with Gasteiger partial charge in [0, 0.05) is 0 Å². The maximum Gasteiger partial charge on any atom is 0.0753 e. The SMILES string of the molecule is CC1=CC[C@@]2(C)C(=C(C)[C@@H](O)C[C@@H]2C)CC1. The van der Waals surface area contributed by atoms with Crippen molar-refractivity contribution >= 4 is 0 Å². The Bertz CT molecular complexity index is 350. The minimum Gasteiger partial charge on any atom is -0.389 e. The van der Waals surface area contributed by atoms with Crippen LogP contribution in [0.2, 0.25) is 0 Å². The van der Waals surface area contributed by atoms with Crippen molar-refractivity contribution in [3.05, 3.63) is 22.8 Å². The van der Waals surface area contributed by atoms with Gasteiger partial charge in [0.1, 0.15) is 0 Å². The van der Waals surface area contributed by atoms with E-state index in [9.17, 15) is 5.11 Å². The fourth-order valence-electron chi connectivity index (χ4n) is 3.34. The van der Waals surface area contributed by atoms with Crippen molar-refractivity contribution in [1.29, 1.82) is 0 Å². The van der Waals surface area contributed by atoms with E-state index in [0.717, 1.165) is 19.3 Å². The molecule has 0 fully saturated rings. The summed E-state index contributed by atoms with van der Waals surface area (Å²) in [4.78, 5) is 0. The van der Waals surface area contributed by atoms with E-state index in [1.54, 1.807) is 0 Å². The van der Waals surface area contributed by atoms with E-state index in [4.69, 9.17) is 0 Å². The van der Waals surface area contributed by atoms with Crippen LogP contribution in [0.15, 0.2) is 22.8 Å². The summed E-state index contributed by atoms with van der Waals surface area (Å²) in [5.74, 6) is 0.586. The molecule has 3 atom stereocenters. The van der Waals surface area contributed by atoms with E-state index in [2.05, 4.69) is 33.8 Å². The number of hydrogen-bond acceptors (Lipinski definition) is 1. The van der Waals surface area contributed by atoms with E-state index in [1.165, 1.54) is 23.1 Å². The zero-order valence-corrected chi connectivity index (χ0v) is 11.0. The molecule has 2 rings (SSSR count). The summed E-state index contributed by atoms with van der Waals surface area (Å²) in [6.45, 7) is 9.05. The number of hydrogen-bond donors (Lipinski definition) is 1. The highest BCUT2D eigenvalue weighted by Crippen LogP contribution is 2.50. The molecule has 90 valence electrons.